The zero-order chi connectivity index (χ0) is 12.8. The number of nitrogens with one attached hydrogen (secondary N) is 1. The molecule has 1 N–H and O–H groups in total. The van der Waals surface area contributed by atoms with Gasteiger partial charge in [-0.3, -0.25) is 0 Å². The third kappa shape index (κ3) is 3.42. The maximum Gasteiger partial charge on any atom is 0.132 e. The van der Waals surface area contributed by atoms with Crippen molar-refractivity contribution >= 4 is 5.82 Å². The molecule has 1 aromatic heterocycles. The van der Waals surface area contributed by atoms with E-state index in [1.165, 1.54) is 32.1 Å². The normalized spacial score (nSPS) is 16.8. The van der Waals surface area contributed by atoms with Gasteiger partial charge >= 0.3 is 0 Å². The molecule has 1 aliphatic carbocycles. The van der Waals surface area contributed by atoms with Crippen molar-refractivity contribution in [1.29, 1.82) is 0 Å². The molecular weight excluding hydrogens is 224 g/mol. The highest BCUT2D eigenvalue weighted by Crippen LogP contribution is 2.24. The van der Waals surface area contributed by atoms with Crippen molar-refractivity contribution in [3.63, 3.8) is 0 Å². The van der Waals surface area contributed by atoms with Gasteiger partial charge < -0.3 is 10.2 Å². The van der Waals surface area contributed by atoms with Gasteiger partial charge in [0.15, 0.2) is 0 Å². The second-order valence-electron chi connectivity index (χ2n) is 5.09. The number of aromatic nitrogens is 2. The summed E-state index contributed by atoms with van der Waals surface area (Å²) < 4.78 is 0. The van der Waals surface area contributed by atoms with Crippen LogP contribution < -0.4 is 10.2 Å². The van der Waals surface area contributed by atoms with Gasteiger partial charge in [-0.1, -0.05) is 19.3 Å². The van der Waals surface area contributed by atoms with Crippen LogP contribution in [-0.4, -0.2) is 36.6 Å². The lowest BCUT2D eigenvalue weighted by Crippen LogP contribution is -2.34. The minimum absolute atomic E-state index is 0.658. The van der Waals surface area contributed by atoms with Crippen LogP contribution in [-0.2, 0) is 6.42 Å². The largest absolute Gasteiger partial charge is 0.357 e. The molecule has 0 atom stereocenters. The lowest BCUT2D eigenvalue weighted by molar-refractivity contribution is 0.425. The van der Waals surface area contributed by atoms with Crippen LogP contribution in [0.2, 0.25) is 0 Å². The second kappa shape index (κ2) is 6.69. The van der Waals surface area contributed by atoms with Crippen LogP contribution >= 0.6 is 0 Å². The summed E-state index contributed by atoms with van der Waals surface area (Å²) in [6.07, 6.45) is 9.47. The van der Waals surface area contributed by atoms with Crippen molar-refractivity contribution in [3.8, 4) is 0 Å². The topological polar surface area (TPSA) is 41.1 Å². The summed E-state index contributed by atoms with van der Waals surface area (Å²) in [5.41, 5.74) is 0. The number of likely N-dealkylation sites (N-methyl/N-ethyl adjacent to an activating group) is 1. The highest BCUT2D eigenvalue weighted by molar-refractivity contribution is 5.37. The molecule has 0 spiro atoms. The van der Waals surface area contributed by atoms with E-state index in [1.54, 1.807) is 0 Å². The van der Waals surface area contributed by atoms with Gasteiger partial charge in [-0.2, -0.15) is 0 Å². The average molecular weight is 248 g/mol. The summed E-state index contributed by atoms with van der Waals surface area (Å²) in [6.45, 7) is 0.927. The Hall–Kier alpha value is -1.16. The van der Waals surface area contributed by atoms with E-state index in [0.29, 0.717) is 6.04 Å². The first kappa shape index (κ1) is 13.3. The molecule has 4 nitrogen and oxygen atoms in total. The Balaban J connectivity index is 2.02. The summed E-state index contributed by atoms with van der Waals surface area (Å²) in [7, 11) is 4.12. The molecule has 2 rings (SSSR count). The lowest BCUT2D eigenvalue weighted by atomic mass is 9.94. The zero-order valence-electron chi connectivity index (χ0n) is 11.5. The predicted molar refractivity (Wildman–Crippen MR) is 74.9 cm³/mol. The van der Waals surface area contributed by atoms with E-state index in [1.807, 2.05) is 19.3 Å². The quantitative estimate of drug-likeness (QED) is 0.865. The molecule has 0 aliphatic heterocycles. The summed E-state index contributed by atoms with van der Waals surface area (Å²) >= 11 is 0. The molecule has 0 amide bonds. The van der Waals surface area contributed by atoms with Gasteiger partial charge in [-0.15, -0.1) is 0 Å². The van der Waals surface area contributed by atoms with E-state index < -0.39 is 0 Å². The van der Waals surface area contributed by atoms with E-state index in [9.17, 15) is 0 Å². The highest BCUT2D eigenvalue weighted by Gasteiger charge is 2.19. The maximum atomic E-state index is 4.66. The first-order valence-electron chi connectivity index (χ1n) is 7.00. The van der Waals surface area contributed by atoms with Crippen LogP contribution in [0.15, 0.2) is 12.3 Å². The minimum Gasteiger partial charge on any atom is -0.357 e. The molecule has 0 bridgehead atoms. The third-order valence-electron chi connectivity index (χ3n) is 3.77. The number of hydrogen-bond donors (Lipinski definition) is 1. The van der Waals surface area contributed by atoms with Crippen LogP contribution in [0.25, 0.3) is 0 Å². The molecule has 1 heterocycles. The van der Waals surface area contributed by atoms with Crippen molar-refractivity contribution in [1.82, 2.24) is 15.3 Å². The molecule has 0 radical (unpaired) electrons. The number of nitrogens with zero attached hydrogens (tertiary/aromatic N) is 3. The Morgan fingerprint density at radius 3 is 2.83 bits per heavy atom. The summed E-state index contributed by atoms with van der Waals surface area (Å²) in [6, 6.07) is 2.68. The van der Waals surface area contributed by atoms with Gasteiger partial charge in [0.2, 0.25) is 0 Å². The standard InChI is InChI=1S/C14H24N4/c1-15-10-8-13-16-11-9-14(17-13)18(2)12-6-4-3-5-7-12/h9,11-12,15H,3-8,10H2,1-2H3. The van der Waals surface area contributed by atoms with E-state index in [-0.39, 0.29) is 0 Å². The monoisotopic (exact) mass is 248 g/mol. The number of anilines is 1. The van der Waals surface area contributed by atoms with E-state index in [4.69, 9.17) is 0 Å². The molecule has 1 fully saturated rings. The number of rotatable bonds is 5. The van der Waals surface area contributed by atoms with Gasteiger partial charge in [-0.05, 0) is 26.0 Å². The molecule has 100 valence electrons. The first-order chi connectivity index (χ1) is 8.81. The van der Waals surface area contributed by atoms with Crippen LogP contribution in [0.5, 0.6) is 0 Å². The lowest BCUT2D eigenvalue weighted by Gasteiger charge is -2.32. The fourth-order valence-electron chi connectivity index (χ4n) is 2.60. The molecule has 1 aliphatic rings. The fraction of sp³-hybridized carbons (Fsp3) is 0.714. The zero-order valence-corrected chi connectivity index (χ0v) is 11.5. The van der Waals surface area contributed by atoms with Gasteiger partial charge in [0, 0.05) is 32.3 Å². The van der Waals surface area contributed by atoms with Crippen molar-refractivity contribution < 1.29 is 0 Å². The molecule has 0 saturated heterocycles. The number of hydrogen-bond acceptors (Lipinski definition) is 4. The van der Waals surface area contributed by atoms with E-state index >= 15 is 0 Å². The summed E-state index contributed by atoms with van der Waals surface area (Å²) in [5.74, 6) is 2.01. The Morgan fingerprint density at radius 1 is 1.33 bits per heavy atom. The highest BCUT2D eigenvalue weighted by atomic mass is 15.2. The van der Waals surface area contributed by atoms with Crippen molar-refractivity contribution in [2.45, 2.75) is 44.6 Å². The predicted octanol–water partition coefficient (Wildman–Crippen LogP) is 2.01. The summed E-state index contributed by atoms with van der Waals surface area (Å²) in [4.78, 5) is 11.3. The van der Waals surface area contributed by atoms with Crippen molar-refractivity contribution in [2.75, 3.05) is 25.5 Å². The maximum absolute atomic E-state index is 4.66. The van der Waals surface area contributed by atoms with Gasteiger partial charge in [0.05, 0.1) is 0 Å². The fourth-order valence-corrected chi connectivity index (χ4v) is 2.60. The Labute approximate surface area is 110 Å². The van der Waals surface area contributed by atoms with Crippen LogP contribution in [0.3, 0.4) is 0 Å². The Bertz CT molecular complexity index is 361. The molecule has 0 aromatic carbocycles. The Kier molecular flexibility index (Phi) is 4.93. The van der Waals surface area contributed by atoms with Crippen LogP contribution in [0.4, 0.5) is 5.82 Å². The first-order valence-corrected chi connectivity index (χ1v) is 7.00. The average Bonchev–Trinajstić information content (AvgIpc) is 2.45. The second-order valence-corrected chi connectivity index (χ2v) is 5.09. The third-order valence-corrected chi connectivity index (χ3v) is 3.77. The van der Waals surface area contributed by atoms with Crippen molar-refractivity contribution in [2.24, 2.45) is 0 Å². The van der Waals surface area contributed by atoms with E-state index in [2.05, 4.69) is 27.2 Å². The molecular formula is C14H24N4. The van der Waals surface area contributed by atoms with Crippen LogP contribution in [0, 0.1) is 0 Å². The van der Waals surface area contributed by atoms with Crippen molar-refractivity contribution in [3.05, 3.63) is 18.1 Å². The van der Waals surface area contributed by atoms with Crippen LogP contribution in [0.1, 0.15) is 37.9 Å². The van der Waals surface area contributed by atoms with E-state index in [0.717, 1.165) is 24.6 Å². The minimum atomic E-state index is 0.658. The smallest absolute Gasteiger partial charge is 0.132 e. The van der Waals surface area contributed by atoms with Gasteiger partial charge in [-0.25, -0.2) is 9.97 Å². The molecule has 1 saturated carbocycles. The molecule has 0 unspecified atom stereocenters. The Morgan fingerprint density at radius 2 is 2.11 bits per heavy atom. The molecule has 4 heteroatoms. The van der Waals surface area contributed by atoms with Gasteiger partial charge in [0.25, 0.3) is 0 Å². The molecule has 1 aromatic rings. The summed E-state index contributed by atoms with van der Waals surface area (Å²) in [5, 5.41) is 3.13. The molecule has 18 heavy (non-hydrogen) atoms. The van der Waals surface area contributed by atoms with Gasteiger partial charge in [0.1, 0.15) is 11.6 Å². The SMILES string of the molecule is CNCCc1nccc(N(C)C2CCCCC2)n1.